The van der Waals surface area contributed by atoms with Gasteiger partial charge in [-0.05, 0) is 63.4 Å². The van der Waals surface area contributed by atoms with Crippen molar-refractivity contribution in [3.63, 3.8) is 0 Å². The Morgan fingerprint density at radius 1 is 1.24 bits per heavy atom. The fourth-order valence-corrected chi connectivity index (χ4v) is 3.57. The van der Waals surface area contributed by atoms with E-state index in [0.29, 0.717) is 12.6 Å². The third-order valence-electron chi connectivity index (χ3n) is 4.68. The molecule has 0 aromatic heterocycles. The molecule has 0 bridgehead atoms. The molecular formula is C17H25N3O. The van der Waals surface area contributed by atoms with Crippen molar-refractivity contribution in [1.29, 1.82) is 0 Å². The van der Waals surface area contributed by atoms with Crippen LogP contribution < -0.4 is 10.6 Å². The van der Waals surface area contributed by atoms with Crippen molar-refractivity contribution in [3.05, 3.63) is 29.8 Å². The highest BCUT2D eigenvalue weighted by Gasteiger charge is 2.31. The Balaban J connectivity index is 1.56. The van der Waals surface area contributed by atoms with Gasteiger partial charge in [-0.3, -0.25) is 4.79 Å². The molecule has 0 aliphatic carbocycles. The van der Waals surface area contributed by atoms with Crippen LogP contribution in [-0.4, -0.2) is 42.5 Å². The van der Waals surface area contributed by atoms with Gasteiger partial charge in [0.05, 0.1) is 0 Å². The van der Waals surface area contributed by atoms with Crippen molar-refractivity contribution < 1.29 is 4.79 Å². The molecule has 2 atom stereocenters. The first-order chi connectivity index (χ1) is 10.3. The Bertz CT molecular complexity index is 485. The second-order valence-corrected chi connectivity index (χ2v) is 6.13. The molecular weight excluding hydrogens is 262 g/mol. The first kappa shape index (κ1) is 14.4. The van der Waals surface area contributed by atoms with Crippen LogP contribution in [0.1, 0.15) is 43.0 Å². The number of nitrogens with one attached hydrogen (secondary N) is 2. The minimum absolute atomic E-state index is 0.00307. The quantitative estimate of drug-likeness (QED) is 0.894. The molecule has 3 rings (SSSR count). The van der Waals surface area contributed by atoms with Crippen LogP contribution in [0, 0.1) is 0 Å². The van der Waals surface area contributed by atoms with Crippen LogP contribution in [0.5, 0.6) is 0 Å². The molecule has 2 N–H and O–H groups in total. The Kier molecular flexibility index (Phi) is 4.44. The average Bonchev–Trinajstić information content (AvgIpc) is 2.96. The maximum absolute atomic E-state index is 11.7. The van der Waals surface area contributed by atoms with E-state index in [1.54, 1.807) is 0 Å². The lowest BCUT2D eigenvalue weighted by Gasteiger charge is -2.35. The summed E-state index contributed by atoms with van der Waals surface area (Å²) in [5, 5.41) is 6.46. The normalized spacial score (nSPS) is 25.4. The number of benzene rings is 1. The topological polar surface area (TPSA) is 44.4 Å². The Hall–Kier alpha value is -1.55. The number of carbonyl (C=O) groups is 1. The van der Waals surface area contributed by atoms with E-state index in [4.69, 9.17) is 0 Å². The summed E-state index contributed by atoms with van der Waals surface area (Å²) < 4.78 is 0. The van der Waals surface area contributed by atoms with Gasteiger partial charge in [0, 0.05) is 36.4 Å². The number of anilines is 1. The molecule has 21 heavy (non-hydrogen) atoms. The minimum Gasteiger partial charge on any atom is -0.382 e. The second-order valence-electron chi connectivity index (χ2n) is 6.13. The van der Waals surface area contributed by atoms with Crippen molar-refractivity contribution in [3.8, 4) is 0 Å². The number of rotatable bonds is 4. The van der Waals surface area contributed by atoms with Crippen molar-refractivity contribution in [2.45, 2.75) is 44.7 Å². The van der Waals surface area contributed by atoms with Crippen LogP contribution >= 0.6 is 0 Å². The van der Waals surface area contributed by atoms with Crippen molar-refractivity contribution in [2.24, 2.45) is 0 Å². The summed E-state index contributed by atoms with van der Waals surface area (Å²) >= 11 is 0. The van der Waals surface area contributed by atoms with E-state index in [0.717, 1.165) is 17.3 Å². The van der Waals surface area contributed by atoms with Crippen LogP contribution in [-0.2, 0) is 0 Å². The third-order valence-corrected chi connectivity index (χ3v) is 4.68. The van der Waals surface area contributed by atoms with Crippen LogP contribution in [0.15, 0.2) is 24.3 Å². The van der Waals surface area contributed by atoms with Gasteiger partial charge in [0.15, 0.2) is 0 Å². The maximum atomic E-state index is 11.7. The van der Waals surface area contributed by atoms with E-state index in [2.05, 4.69) is 15.5 Å². The van der Waals surface area contributed by atoms with Gasteiger partial charge in [-0.2, -0.15) is 0 Å². The SMILES string of the molecule is CCNC(=O)c1ccc(NC2CCN3CCCC3C2)cc1. The fourth-order valence-electron chi connectivity index (χ4n) is 3.57. The van der Waals surface area contributed by atoms with E-state index in [1.165, 1.54) is 38.8 Å². The van der Waals surface area contributed by atoms with Gasteiger partial charge in [-0.15, -0.1) is 0 Å². The standard InChI is InChI=1S/C17H25N3O/c1-2-18-17(21)13-5-7-14(8-6-13)19-15-9-11-20-10-3-4-16(20)12-15/h5-8,15-16,19H,2-4,9-12H2,1H3,(H,18,21). The van der Waals surface area contributed by atoms with E-state index < -0.39 is 0 Å². The number of hydrogen-bond acceptors (Lipinski definition) is 3. The molecule has 114 valence electrons. The Morgan fingerprint density at radius 2 is 2.05 bits per heavy atom. The van der Waals surface area contributed by atoms with Gasteiger partial charge in [0.1, 0.15) is 0 Å². The average molecular weight is 287 g/mol. The summed E-state index contributed by atoms with van der Waals surface area (Å²) in [5.74, 6) is 0.00307. The zero-order valence-electron chi connectivity index (χ0n) is 12.8. The van der Waals surface area contributed by atoms with Gasteiger partial charge in [0.25, 0.3) is 5.91 Å². The van der Waals surface area contributed by atoms with Gasteiger partial charge < -0.3 is 15.5 Å². The summed E-state index contributed by atoms with van der Waals surface area (Å²) in [5.41, 5.74) is 1.85. The molecule has 0 radical (unpaired) electrons. The molecule has 1 aromatic rings. The molecule has 1 aromatic carbocycles. The molecule has 2 unspecified atom stereocenters. The van der Waals surface area contributed by atoms with Crippen LogP contribution in [0.2, 0.25) is 0 Å². The van der Waals surface area contributed by atoms with E-state index in [1.807, 2.05) is 31.2 Å². The fraction of sp³-hybridized carbons (Fsp3) is 0.588. The smallest absolute Gasteiger partial charge is 0.251 e. The van der Waals surface area contributed by atoms with E-state index in [9.17, 15) is 4.79 Å². The zero-order chi connectivity index (χ0) is 14.7. The number of nitrogens with zero attached hydrogens (tertiary/aromatic N) is 1. The number of hydrogen-bond donors (Lipinski definition) is 2. The molecule has 2 saturated heterocycles. The van der Waals surface area contributed by atoms with Crippen molar-refractivity contribution in [1.82, 2.24) is 10.2 Å². The summed E-state index contributed by atoms with van der Waals surface area (Å²) in [7, 11) is 0. The van der Waals surface area contributed by atoms with Gasteiger partial charge in [-0.25, -0.2) is 0 Å². The number of piperidine rings is 1. The van der Waals surface area contributed by atoms with Crippen molar-refractivity contribution in [2.75, 3.05) is 25.0 Å². The molecule has 2 aliphatic rings. The predicted molar refractivity (Wildman–Crippen MR) is 85.7 cm³/mol. The summed E-state index contributed by atoms with van der Waals surface area (Å²) in [6.45, 7) is 5.11. The highest BCUT2D eigenvalue weighted by molar-refractivity contribution is 5.94. The van der Waals surface area contributed by atoms with E-state index >= 15 is 0 Å². The largest absolute Gasteiger partial charge is 0.382 e. The third kappa shape index (κ3) is 3.38. The lowest BCUT2D eigenvalue weighted by atomic mass is 9.97. The molecule has 4 heteroatoms. The Labute approximate surface area is 126 Å². The summed E-state index contributed by atoms with van der Waals surface area (Å²) in [6.07, 6.45) is 5.18. The highest BCUT2D eigenvalue weighted by atomic mass is 16.1. The first-order valence-corrected chi connectivity index (χ1v) is 8.15. The molecule has 1 amide bonds. The molecule has 0 spiro atoms. The van der Waals surface area contributed by atoms with Gasteiger partial charge in [0.2, 0.25) is 0 Å². The zero-order valence-corrected chi connectivity index (χ0v) is 12.8. The number of fused-ring (bicyclic) bond motifs is 1. The lowest BCUT2D eigenvalue weighted by molar-refractivity contribution is 0.0956. The number of amides is 1. The lowest BCUT2D eigenvalue weighted by Crippen LogP contribution is -2.42. The molecule has 2 aliphatic heterocycles. The molecule has 4 nitrogen and oxygen atoms in total. The number of carbonyl (C=O) groups excluding carboxylic acids is 1. The summed E-state index contributed by atoms with van der Waals surface area (Å²) in [4.78, 5) is 14.4. The molecule has 2 fully saturated rings. The first-order valence-electron chi connectivity index (χ1n) is 8.15. The van der Waals surface area contributed by atoms with E-state index in [-0.39, 0.29) is 5.91 Å². The second kappa shape index (κ2) is 6.48. The van der Waals surface area contributed by atoms with Crippen molar-refractivity contribution >= 4 is 11.6 Å². The van der Waals surface area contributed by atoms with Gasteiger partial charge in [-0.1, -0.05) is 0 Å². The summed E-state index contributed by atoms with van der Waals surface area (Å²) in [6, 6.07) is 9.19. The molecule has 2 heterocycles. The predicted octanol–water partition coefficient (Wildman–Crippen LogP) is 2.48. The van der Waals surface area contributed by atoms with Crippen LogP contribution in [0.4, 0.5) is 5.69 Å². The Morgan fingerprint density at radius 3 is 2.81 bits per heavy atom. The minimum atomic E-state index is 0.00307. The van der Waals surface area contributed by atoms with Crippen LogP contribution in [0.25, 0.3) is 0 Å². The highest BCUT2D eigenvalue weighted by Crippen LogP contribution is 2.28. The molecule has 0 saturated carbocycles. The van der Waals surface area contributed by atoms with Gasteiger partial charge >= 0.3 is 0 Å². The monoisotopic (exact) mass is 287 g/mol. The maximum Gasteiger partial charge on any atom is 0.251 e. The van der Waals surface area contributed by atoms with Crippen LogP contribution in [0.3, 0.4) is 0 Å².